The van der Waals surface area contributed by atoms with Gasteiger partial charge in [0, 0.05) is 13.1 Å². The summed E-state index contributed by atoms with van der Waals surface area (Å²) in [7, 11) is 0. The molecule has 0 spiro atoms. The smallest absolute Gasteiger partial charge is 0.239 e. The Balaban J connectivity index is 2.35. The van der Waals surface area contributed by atoms with Crippen LogP contribution in [0.1, 0.15) is 19.8 Å². The van der Waals surface area contributed by atoms with Crippen LogP contribution in [0.2, 0.25) is 0 Å². The second kappa shape index (κ2) is 5.02. The van der Waals surface area contributed by atoms with Crippen LogP contribution in [0.5, 0.6) is 0 Å². The molecular formula is C10H18N2O. The van der Waals surface area contributed by atoms with Gasteiger partial charge < -0.3 is 10.2 Å². The van der Waals surface area contributed by atoms with Crippen molar-refractivity contribution in [2.45, 2.75) is 25.8 Å². The molecule has 13 heavy (non-hydrogen) atoms. The molecule has 1 amide bonds. The minimum Gasteiger partial charge on any atom is -0.341 e. The van der Waals surface area contributed by atoms with E-state index in [0.717, 1.165) is 32.5 Å². The first-order valence-electron chi connectivity index (χ1n) is 4.92. The molecular weight excluding hydrogens is 164 g/mol. The molecule has 3 heteroatoms. The number of carbonyl (C=O) groups is 1. The van der Waals surface area contributed by atoms with Crippen LogP contribution in [0.25, 0.3) is 0 Å². The monoisotopic (exact) mass is 182 g/mol. The van der Waals surface area contributed by atoms with E-state index in [1.54, 1.807) is 0 Å². The highest BCUT2D eigenvalue weighted by molar-refractivity contribution is 5.83. The van der Waals surface area contributed by atoms with Gasteiger partial charge in [-0.15, -0.1) is 6.58 Å². The number of carbonyl (C=O) groups excluding carboxylic acids is 1. The fraction of sp³-hybridized carbons (Fsp3) is 0.700. The van der Waals surface area contributed by atoms with Crippen LogP contribution >= 0.6 is 0 Å². The summed E-state index contributed by atoms with van der Waals surface area (Å²) in [6.07, 6.45) is 3.70. The summed E-state index contributed by atoms with van der Waals surface area (Å²) in [5.41, 5.74) is 0. The predicted molar refractivity (Wildman–Crippen MR) is 53.5 cm³/mol. The van der Waals surface area contributed by atoms with Gasteiger partial charge in [-0.25, -0.2) is 0 Å². The lowest BCUT2D eigenvalue weighted by Crippen LogP contribution is -2.38. The third-order valence-electron chi connectivity index (χ3n) is 2.35. The molecule has 1 N–H and O–H groups in total. The van der Waals surface area contributed by atoms with Gasteiger partial charge in [0.2, 0.25) is 5.91 Å². The van der Waals surface area contributed by atoms with E-state index in [2.05, 4.69) is 11.9 Å². The maximum atomic E-state index is 11.6. The van der Waals surface area contributed by atoms with Crippen LogP contribution in [0.15, 0.2) is 12.7 Å². The van der Waals surface area contributed by atoms with Gasteiger partial charge in [0.25, 0.3) is 0 Å². The first-order chi connectivity index (χ1) is 6.29. The van der Waals surface area contributed by atoms with Crippen molar-refractivity contribution in [2.75, 3.05) is 19.6 Å². The summed E-state index contributed by atoms with van der Waals surface area (Å²) in [5.74, 6) is 0.253. The molecule has 3 nitrogen and oxygen atoms in total. The Morgan fingerprint density at radius 3 is 3.15 bits per heavy atom. The van der Waals surface area contributed by atoms with Crippen molar-refractivity contribution < 1.29 is 4.79 Å². The second-order valence-corrected chi connectivity index (χ2v) is 3.30. The van der Waals surface area contributed by atoms with Crippen LogP contribution in [-0.2, 0) is 4.79 Å². The number of rotatable bonds is 5. The van der Waals surface area contributed by atoms with E-state index >= 15 is 0 Å². The molecule has 1 rings (SSSR count). The minimum atomic E-state index is 0.0646. The van der Waals surface area contributed by atoms with Crippen LogP contribution in [0, 0.1) is 0 Å². The zero-order chi connectivity index (χ0) is 9.68. The Labute approximate surface area is 79.8 Å². The number of hydrogen-bond acceptors (Lipinski definition) is 2. The van der Waals surface area contributed by atoms with Crippen LogP contribution in [-0.4, -0.2) is 36.5 Å². The van der Waals surface area contributed by atoms with Crippen LogP contribution in [0.3, 0.4) is 0 Å². The highest BCUT2D eigenvalue weighted by Crippen LogP contribution is 2.11. The van der Waals surface area contributed by atoms with E-state index < -0.39 is 0 Å². The quantitative estimate of drug-likeness (QED) is 0.637. The third kappa shape index (κ3) is 2.56. The highest BCUT2D eigenvalue weighted by atomic mass is 16.2. The van der Waals surface area contributed by atoms with Gasteiger partial charge in [0.05, 0.1) is 6.04 Å². The van der Waals surface area contributed by atoms with Gasteiger partial charge in [-0.05, 0) is 19.4 Å². The first kappa shape index (κ1) is 10.3. The van der Waals surface area contributed by atoms with E-state index in [4.69, 9.17) is 0 Å². The van der Waals surface area contributed by atoms with Gasteiger partial charge in [-0.2, -0.15) is 0 Å². The van der Waals surface area contributed by atoms with E-state index in [1.807, 2.05) is 17.9 Å². The van der Waals surface area contributed by atoms with Crippen molar-refractivity contribution >= 4 is 5.91 Å². The van der Waals surface area contributed by atoms with E-state index in [0.29, 0.717) is 0 Å². The Morgan fingerprint density at radius 1 is 1.77 bits per heavy atom. The van der Waals surface area contributed by atoms with Crippen LogP contribution < -0.4 is 5.32 Å². The van der Waals surface area contributed by atoms with Gasteiger partial charge in [0.1, 0.15) is 0 Å². The fourth-order valence-electron chi connectivity index (χ4n) is 1.64. The Morgan fingerprint density at radius 2 is 2.54 bits per heavy atom. The molecule has 0 aromatic rings. The summed E-state index contributed by atoms with van der Waals surface area (Å²) < 4.78 is 0. The molecule has 0 aliphatic carbocycles. The molecule has 1 aliphatic rings. The molecule has 0 aromatic carbocycles. The Hall–Kier alpha value is -0.830. The number of nitrogens with zero attached hydrogens (tertiary/aromatic N) is 1. The van der Waals surface area contributed by atoms with Crippen molar-refractivity contribution in [3.05, 3.63) is 12.7 Å². The minimum absolute atomic E-state index is 0.0646. The van der Waals surface area contributed by atoms with Gasteiger partial charge in [0.15, 0.2) is 0 Å². The van der Waals surface area contributed by atoms with E-state index in [1.165, 1.54) is 0 Å². The summed E-state index contributed by atoms with van der Waals surface area (Å²) in [6, 6.07) is 0.0646. The van der Waals surface area contributed by atoms with E-state index in [-0.39, 0.29) is 11.9 Å². The molecule has 1 aliphatic heterocycles. The van der Waals surface area contributed by atoms with Crippen molar-refractivity contribution in [3.8, 4) is 0 Å². The number of nitrogens with one attached hydrogen (secondary N) is 1. The highest BCUT2D eigenvalue weighted by Gasteiger charge is 2.29. The lowest BCUT2D eigenvalue weighted by Gasteiger charge is -2.15. The molecule has 1 unspecified atom stereocenters. The van der Waals surface area contributed by atoms with Crippen molar-refractivity contribution in [2.24, 2.45) is 0 Å². The summed E-state index contributed by atoms with van der Waals surface area (Å²) in [6.45, 7) is 8.26. The molecule has 0 radical (unpaired) electrons. The number of likely N-dealkylation sites (N-methyl/N-ethyl adjacent to an activating group) is 1. The van der Waals surface area contributed by atoms with E-state index in [9.17, 15) is 4.79 Å². The molecule has 1 fully saturated rings. The summed E-state index contributed by atoms with van der Waals surface area (Å²) in [4.78, 5) is 13.5. The maximum absolute atomic E-state index is 11.6. The normalized spacial score (nSPS) is 22.4. The number of likely N-dealkylation sites (tertiary alicyclic amines) is 1. The molecule has 0 saturated carbocycles. The molecule has 74 valence electrons. The maximum Gasteiger partial charge on any atom is 0.239 e. The summed E-state index contributed by atoms with van der Waals surface area (Å²) in [5, 5.41) is 3.18. The average Bonchev–Trinajstić information content (AvgIpc) is 2.46. The summed E-state index contributed by atoms with van der Waals surface area (Å²) >= 11 is 0. The largest absolute Gasteiger partial charge is 0.341 e. The number of hydrogen-bond donors (Lipinski definition) is 1. The van der Waals surface area contributed by atoms with Gasteiger partial charge in [-0.3, -0.25) is 4.79 Å². The van der Waals surface area contributed by atoms with Crippen molar-refractivity contribution in [1.29, 1.82) is 0 Å². The van der Waals surface area contributed by atoms with Crippen molar-refractivity contribution in [3.63, 3.8) is 0 Å². The number of amides is 1. The Kier molecular flexibility index (Phi) is 3.96. The molecule has 1 saturated heterocycles. The molecule has 0 bridgehead atoms. The standard InChI is InChI=1S/C10H18N2O/c1-3-5-7-12-8-6-9(10(12)13)11-4-2/h3,9,11H,1,4-8H2,2H3. The fourth-order valence-corrected chi connectivity index (χ4v) is 1.64. The molecule has 0 aromatic heterocycles. The van der Waals surface area contributed by atoms with Crippen LogP contribution in [0.4, 0.5) is 0 Å². The van der Waals surface area contributed by atoms with Gasteiger partial charge in [-0.1, -0.05) is 13.0 Å². The lowest BCUT2D eigenvalue weighted by atomic mass is 10.2. The Bertz CT molecular complexity index is 191. The zero-order valence-electron chi connectivity index (χ0n) is 8.25. The lowest BCUT2D eigenvalue weighted by molar-refractivity contribution is -0.129. The zero-order valence-corrected chi connectivity index (χ0v) is 8.25. The SMILES string of the molecule is C=CCCN1CCC(NCC)C1=O. The van der Waals surface area contributed by atoms with Crippen molar-refractivity contribution in [1.82, 2.24) is 10.2 Å². The van der Waals surface area contributed by atoms with Gasteiger partial charge >= 0.3 is 0 Å². The molecule has 1 heterocycles. The molecule has 1 atom stereocenters. The topological polar surface area (TPSA) is 32.3 Å². The average molecular weight is 182 g/mol. The first-order valence-corrected chi connectivity index (χ1v) is 4.92. The second-order valence-electron chi connectivity index (χ2n) is 3.30. The predicted octanol–water partition coefficient (Wildman–Crippen LogP) is 0.773. The third-order valence-corrected chi connectivity index (χ3v) is 2.35.